The van der Waals surface area contributed by atoms with Crippen LogP contribution < -0.4 is 15.8 Å². The third-order valence-electron chi connectivity index (χ3n) is 5.43. The van der Waals surface area contributed by atoms with Crippen molar-refractivity contribution in [3.8, 4) is 0 Å². The highest BCUT2D eigenvalue weighted by Crippen LogP contribution is 2.26. The molecule has 4 rings (SSSR count). The van der Waals surface area contributed by atoms with Crippen LogP contribution in [-0.4, -0.2) is 46.4 Å². The van der Waals surface area contributed by atoms with Crippen LogP contribution >= 0.6 is 23.1 Å². The Morgan fingerprint density at radius 1 is 1.27 bits per heavy atom. The van der Waals surface area contributed by atoms with Crippen LogP contribution in [0.3, 0.4) is 0 Å². The van der Waals surface area contributed by atoms with Crippen molar-refractivity contribution in [3.05, 3.63) is 51.9 Å². The summed E-state index contributed by atoms with van der Waals surface area (Å²) in [4.78, 5) is 33.6. The van der Waals surface area contributed by atoms with Crippen molar-refractivity contribution in [2.75, 3.05) is 30.8 Å². The van der Waals surface area contributed by atoms with Crippen molar-refractivity contribution in [3.63, 3.8) is 0 Å². The molecule has 0 aliphatic carbocycles. The zero-order chi connectivity index (χ0) is 21.1. The maximum Gasteiger partial charge on any atom is 0.288 e. The van der Waals surface area contributed by atoms with E-state index >= 15 is 0 Å². The summed E-state index contributed by atoms with van der Waals surface area (Å²) in [6.45, 7) is 4.57. The first-order chi connectivity index (χ1) is 14.5. The predicted octanol–water partition coefficient (Wildman–Crippen LogP) is 3.08. The van der Waals surface area contributed by atoms with E-state index < -0.39 is 11.5 Å². The number of piperidine rings is 1. The van der Waals surface area contributed by atoms with Gasteiger partial charge in [0.25, 0.3) is 11.5 Å². The number of amides is 1. The molecule has 1 aromatic carbocycles. The lowest BCUT2D eigenvalue weighted by Gasteiger charge is -2.29. The van der Waals surface area contributed by atoms with E-state index in [2.05, 4.69) is 51.5 Å². The van der Waals surface area contributed by atoms with Gasteiger partial charge >= 0.3 is 0 Å². The zero-order valence-corrected chi connectivity index (χ0v) is 18.8. The average Bonchev–Trinajstić information content (AvgIpc) is 3.20. The Bertz CT molecular complexity index is 1080. The summed E-state index contributed by atoms with van der Waals surface area (Å²) < 4.78 is 1.26. The highest BCUT2D eigenvalue weighted by atomic mass is 32.2. The third-order valence-corrected chi connectivity index (χ3v) is 7.16. The van der Waals surface area contributed by atoms with E-state index in [1.54, 1.807) is 11.8 Å². The number of rotatable bonds is 6. The molecular formula is C21H25N5O2S2. The van der Waals surface area contributed by atoms with Crippen LogP contribution in [0.4, 0.5) is 5.13 Å². The second-order valence-corrected chi connectivity index (χ2v) is 9.39. The number of fused-ring (bicyclic) bond motifs is 1. The van der Waals surface area contributed by atoms with E-state index in [0.29, 0.717) is 17.9 Å². The van der Waals surface area contributed by atoms with Crippen molar-refractivity contribution in [1.82, 2.24) is 19.9 Å². The van der Waals surface area contributed by atoms with Crippen molar-refractivity contribution >= 4 is 39.1 Å². The Labute approximate surface area is 183 Å². The van der Waals surface area contributed by atoms with Gasteiger partial charge < -0.3 is 10.2 Å². The van der Waals surface area contributed by atoms with E-state index in [1.165, 1.54) is 26.9 Å². The summed E-state index contributed by atoms with van der Waals surface area (Å²) in [5.41, 5.74) is 0.738. The Morgan fingerprint density at radius 3 is 2.70 bits per heavy atom. The number of nitrogens with one attached hydrogen (secondary N) is 1. The summed E-state index contributed by atoms with van der Waals surface area (Å²) in [7, 11) is 0. The summed E-state index contributed by atoms with van der Waals surface area (Å²) in [5, 5.41) is 8.07. The standard InChI is InChI=1S/C21H25N5O2S2/c1-14-8-11-25(12-9-14)21-24-26-19(28)17(13-23-20(26)30-21)18(27)22-10-7-15-3-5-16(29-2)6-4-15/h3-6,13-14H,7-12H2,1-2H3,(H,22,27). The first-order valence-corrected chi connectivity index (χ1v) is 12.1. The normalized spacial score (nSPS) is 14.9. The van der Waals surface area contributed by atoms with E-state index in [1.807, 2.05) is 6.26 Å². The number of benzene rings is 1. The van der Waals surface area contributed by atoms with Crippen LogP contribution in [0, 0.1) is 5.92 Å². The Balaban J connectivity index is 1.43. The molecule has 3 aromatic rings. The minimum Gasteiger partial charge on any atom is -0.351 e. The molecular weight excluding hydrogens is 418 g/mol. The SMILES string of the molecule is CSc1ccc(CCNC(=O)c2cnc3sc(N4CCC(C)CC4)nn3c2=O)cc1. The van der Waals surface area contributed by atoms with Gasteiger partial charge in [-0.1, -0.05) is 30.4 Å². The van der Waals surface area contributed by atoms with Gasteiger partial charge in [0.05, 0.1) is 0 Å². The second kappa shape index (κ2) is 9.18. The minimum atomic E-state index is -0.422. The average molecular weight is 444 g/mol. The molecule has 1 fully saturated rings. The molecule has 1 aliphatic rings. The molecule has 0 atom stereocenters. The first kappa shape index (κ1) is 20.9. The molecule has 30 heavy (non-hydrogen) atoms. The topological polar surface area (TPSA) is 79.6 Å². The predicted molar refractivity (Wildman–Crippen MR) is 122 cm³/mol. The molecule has 2 aromatic heterocycles. The van der Waals surface area contributed by atoms with Gasteiger partial charge in [-0.15, -0.1) is 16.9 Å². The fourth-order valence-electron chi connectivity index (χ4n) is 3.47. The third kappa shape index (κ3) is 4.52. The van der Waals surface area contributed by atoms with Gasteiger partial charge in [-0.05, 0) is 49.1 Å². The molecule has 1 amide bonds. The van der Waals surface area contributed by atoms with Gasteiger partial charge in [0.1, 0.15) is 5.56 Å². The van der Waals surface area contributed by atoms with Gasteiger partial charge in [0.2, 0.25) is 10.1 Å². The molecule has 0 bridgehead atoms. The Hall–Kier alpha value is -2.39. The van der Waals surface area contributed by atoms with E-state index in [-0.39, 0.29) is 5.56 Å². The highest BCUT2D eigenvalue weighted by Gasteiger charge is 2.21. The van der Waals surface area contributed by atoms with E-state index in [4.69, 9.17) is 0 Å². The van der Waals surface area contributed by atoms with Crippen LogP contribution in [0.1, 0.15) is 35.7 Å². The number of aromatic nitrogens is 3. The Morgan fingerprint density at radius 2 is 2.00 bits per heavy atom. The molecule has 3 heterocycles. The fraction of sp³-hybridized carbons (Fsp3) is 0.429. The number of nitrogens with zero attached hydrogens (tertiary/aromatic N) is 4. The number of hydrogen-bond acceptors (Lipinski definition) is 7. The summed E-state index contributed by atoms with van der Waals surface area (Å²) >= 11 is 3.09. The molecule has 1 N–H and O–H groups in total. The molecule has 0 unspecified atom stereocenters. The van der Waals surface area contributed by atoms with Gasteiger partial charge in [-0.2, -0.15) is 4.52 Å². The van der Waals surface area contributed by atoms with Gasteiger partial charge in [-0.25, -0.2) is 4.98 Å². The van der Waals surface area contributed by atoms with Crippen molar-refractivity contribution < 1.29 is 4.79 Å². The van der Waals surface area contributed by atoms with Crippen molar-refractivity contribution in [2.24, 2.45) is 5.92 Å². The molecule has 158 valence electrons. The van der Waals surface area contributed by atoms with Gasteiger partial charge in [-0.3, -0.25) is 9.59 Å². The van der Waals surface area contributed by atoms with E-state index in [9.17, 15) is 9.59 Å². The lowest BCUT2D eigenvalue weighted by Crippen LogP contribution is -2.34. The fourth-order valence-corrected chi connectivity index (χ4v) is 4.79. The monoisotopic (exact) mass is 443 g/mol. The Kier molecular flexibility index (Phi) is 6.38. The van der Waals surface area contributed by atoms with Crippen molar-refractivity contribution in [2.45, 2.75) is 31.1 Å². The zero-order valence-electron chi connectivity index (χ0n) is 17.1. The summed E-state index contributed by atoms with van der Waals surface area (Å²) in [5.74, 6) is 0.305. The highest BCUT2D eigenvalue weighted by molar-refractivity contribution is 7.98. The molecule has 1 saturated heterocycles. The number of carbonyl (C=O) groups is 1. The maximum atomic E-state index is 12.8. The second-order valence-electron chi connectivity index (χ2n) is 7.58. The maximum absolute atomic E-state index is 12.8. The number of hydrogen-bond donors (Lipinski definition) is 1. The molecule has 9 heteroatoms. The minimum absolute atomic E-state index is 0.0225. The summed E-state index contributed by atoms with van der Waals surface area (Å²) in [6.07, 6.45) is 6.33. The van der Waals surface area contributed by atoms with E-state index in [0.717, 1.165) is 42.5 Å². The molecule has 0 saturated carbocycles. The lowest BCUT2D eigenvalue weighted by atomic mass is 10.00. The van der Waals surface area contributed by atoms with Crippen LogP contribution in [0.2, 0.25) is 0 Å². The summed E-state index contributed by atoms with van der Waals surface area (Å²) in [6, 6.07) is 8.24. The largest absolute Gasteiger partial charge is 0.351 e. The smallest absolute Gasteiger partial charge is 0.288 e. The molecule has 1 aliphatic heterocycles. The molecule has 0 spiro atoms. The number of anilines is 1. The van der Waals surface area contributed by atoms with Crippen molar-refractivity contribution in [1.29, 1.82) is 0 Å². The van der Waals surface area contributed by atoms with Crippen LogP contribution in [0.15, 0.2) is 40.2 Å². The lowest BCUT2D eigenvalue weighted by molar-refractivity contribution is 0.0952. The molecule has 0 radical (unpaired) electrons. The number of carbonyl (C=O) groups excluding carboxylic acids is 1. The van der Waals surface area contributed by atoms with Crippen LogP contribution in [0.5, 0.6) is 0 Å². The van der Waals surface area contributed by atoms with Crippen LogP contribution in [-0.2, 0) is 6.42 Å². The van der Waals surface area contributed by atoms with Gasteiger partial charge in [0.15, 0.2) is 0 Å². The van der Waals surface area contributed by atoms with Crippen LogP contribution in [0.25, 0.3) is 4.96 Å². The quantitative estimate of drug-likeness (QED) is 0.590. The molecule has 7 nitrogen and oxygen atoms in total. The first-order valence-electron chi connectivity index (χ1n) is 10.1. The van der Waals surface area contributed by atoms with Gasteiger partial charge in [0, 0.05) is 30.7 Å². The number of thioether (sulfide) groups is 1.